The lowest BCUT2D eigenvalue weighted by molar-refractivity contribution is -0.140. The summed E-state index contributed by atoms with van der Waals surface area (Å²) < 4.78 is 81.4. The number of halogens is 6. The number of nitrogens with zero attached hydrogens (tertiary/aromatic N) is 4. The van der Waals surface area contributed by atoms with Gasteiger partial charge >= 0.3 is 18.4 Å². The number of hydrogen-bond acceptors (Lipinski definition) is 5. The van der Waals surface area contributed by atoms with E-state index in [9.17, 15) is 35.9 Å². The Bertz CT molecular complexity index is 1680. The minimum atomic E-state index is -5.04. The van der Waals surface area contributed by atoms with Gasteiger partial charge in [0, 0.05) is 11.3 Å². The zero-order valence-corrected chi connectivity index (χ0v) is 23.3. The first-order valence-corrected chi connectivity index (χ1v) is 13.7. The molecule has 1 aromatic heterocycles. The summed E-state index contributed by atoms with van der Waals surface area (Å²) in [7, 11) is 0. The molecule has 4 aromatic rings. The van der Waals surface area contributed by atoms with E-state index in [1.165, 1.54) is 24.3 Å². The van der Waals surface area contributed by atoms with Crippen molar-refractivity contribution >= 4 is 34.8 Å². The molecule has 5 rings (SSSR count). The molecule has 1 aliphatic rings. The van der Waals surface area contributed by atoms with Crippen molar-refractivity contribution in [3.05, 3.63) is 101 Å². The Hall–Kier alpha value is -5.21. The van der Waals surface area contributed by atoms with Crippen LogP contribution in [0.15, 0.2) is 72.8 Å². The van der Waals surface area contributed by atoms with Crippen LogP contribution in [0.2, 0.25) is 0 Å². The minimum Gasteiger partial charge on any atom is -0.307 e. The van der Waals surface area contributed by atoms with Crippen LogP contribution in [0.1, 0.15) is 58.3 Å². The molecule has 45 heavy (non-hydrogen) atoms. The zero-order chi connectivity index (χ0) is 32.2. The molecule has 0 aliphatic heterocycles. The van der Waals surface area contributed by atoms with Crippen LogP contribution < -0.4 is 15.5 Å². The Kier molecular flexibility index (Phi) is 8.88. The van der Waals surface area contributed by atoms with Gasteiger partial charge in [-0.25, -0.2) is 4.79 Å². The normalized spacial score (nSPS) is 13.6. The summed E-state index contributed by atoms with van der Waals surface area (Å²) in [6, 6.07) is 12.5. The van der Waals surface area contributed by atoms with Crippen molar-refractivity contribution in [2.45, 2.75) is 44.6 Å². The molecule has 0 radical (unpaired) electrons. The maximum atomic E-state index is 13.7. The van der Waals surface area contributed by atoms with Gasteiger partial charge in [-0.1, -0.05) is 35.4 Å². The van der Waals surface area contributed by atoms with Crippen LogP contribution in [0.5, 0.6) is 0 Å². The smallest absolute Gasteiger partial charge is 0.307 e. The third-order valence-corrected chi connectivity index (χ3v) is 7.11. The maximum absolute atomic E-state index is 13.7. The number of amides is 3. The van der Waals surface area contributed by atoms with E-state index < -0.39 is 41.1 Å². The SMILES string of the molecule is O=C(Nc1nn[nH]n1)c1ccc(CN(C(=O)Nc2cc(C(F)(F)F)ccc2C(F)(F)F)c2ccc(C3=CCCCC3)cc2)cc1. The number of benzene rings is 3. The molecule has 0 fully saturated rings. The highest BCUT2D eigenvalue weighted by Gasteiger charge is 2.38. The number of carbonyl (C=O) groups excluding carboxylic acids is 2. The van der Waals surface area contributed by atoms with Gasteiger partial charge in [-0.3, -0.25) is 15.0 Å². The second-order valence-electron chi connectivity index (χ2n) is 10.2. The molecule has 0 bridgehead atoms. The van der Waals surface area contributed by atoms with E-state index in [0.29, 0.717) is 11.6 Å². The number of nitrogens with one attached hydrogen (secondary N) is 3. The summed E-state index contributed by atoms with van der Waals surface area (Å²) in [6.45, 7) is -0.194. The molecule has 0 saturated heterocycles. The molecule has 15 heteroatoms. The third kappa shape index (κ3) is 7.66. The molecule has 3 amide bonds. The lowest BCUT2D eigenvalue weighted by Gasteiger charge is -2.25. The van der Waals surface area contributed by atoms with Crippen LogP contribution in [0.3, 0.4) is 0 Å². The molecule has 0 spiro atoms. The number of allylic oxidation sites excluding steroid dienone is 2. The zero-order valence-electron chi connectivity index (χ0n) is 23.3. The molecule has 0 saturated carbocycles. The highest BCUT2D eigenvalue weighted by atomic mass is 19.4. The first kappa shape index (κ1) is 31.2. The van der Waals surface area contributed by atoms with Crippen molar-refractivity contribution < 1.29 is 35.9 Å². The van der Waals surface area contributed by atoms with Gasteiger partial charge in [-0.05, 0) is 90.1 Å². The lowest BCUT2D eigenvalue weighted by Crippen LogP contribution is -2.35. The van der Waals surface area contributed by atoms with Crippen LogP contribution in [0.25, 0.3) is 5.57 Å². The van der Waals surface area contributed by atoms with E-state index >= 15 is 0 Å². The van der Waals surface area contributed by atoms with Gasteiger partial charge in [0.15, 0.2) is 0 Å². The molecule has 1 aliphatic carbocycles. The molecule has 0 atom stereocenters. The number of alkyl halides is 6. The van der Waals surface area contributed by atoms with E-state index in [1.54, 1.807) is 24.3 Å². The van der Waals surface area contributed by atoms with Crippen LogP contribution in [0, 0.1) is 0 Å². The van der Waals surface area contributed by atoms with Gasteiger partial charge in [0.1, 0.15) is 0 Å². The summed E-state index contributed by atoms with van der Waals surface area (Å²) in [5.74, 6) is -0.596. The van der Waals surface area contributed by atoms with Crippen molar-refractivity contribution in [2.75, 3.05) is 15.5 Å². The average Bonchev–Trinajstić information content (AvgIpc) is 3.53. The summed E-state index contributed by atoms with van der Waals surface area (Å²) >= 11 is 0. The minimum absolute atomic E-state index is 0.0489. The number of aromatic nitrogens is 4. The van der Waals surface area contributed by atoms with Crippen LogP contribution in [0.4, 0.5) is 48.5 Å². The third-order valence-electron chi connectivity index (χ3n) is 7.11. The van der Waals surface area contributed by atoms with Gasteiger partial charge < -0.3 is 5.32 Å². The Morgan fingerprint density at radius 1 is 0.867 bits per heavy atom. The highest BCUT2D eigenvalue weighted by molar-refractivity contribution is 6.04. The number of aromatic amines is 1. The molecular weight excluding hydrogens is 604 g/mol. The van der Waals surface area contributed by atoms with E-state index in [2.05, 4.69) is 32.0 Å². The lowest BCUT2D eigenvalue weighted by atomic mass is 9.93. The Morgan fingerprint density at radius 2 is 1.60 bits per heavy atom. The monoisotopic (exact) mass is 629 g/mol. The second kappa shape index (κ2) is 12.8. The molecule has 3 N–H and O–H groups in total. The van der Waals surface area contributed by atoms with Crippen LogP contribution >= 0.6 is 0 Å². The fourth-order valence-electron chi connectivity index (χ4n) is 4.82. The van der Waals surface area contributed by atoms with Crippen molar-refractivity contribution in [1.82, 2.24) is 20.6 Å². The predicted molar refractivity (Wildman–Crippen MR) is 153 cm³/mol. The number of rotatable bonds is 7. The highest BCUT2D eigenvalue weighted by Crippen LogP contribution is 2.39. The van der Waals surface area contributed by atoms with Gasteiger partial charge in [-0.15, -0.1) is 5.10 Å². The summed E-state index contributed by atoms with van der Waals surface area (Å²) in [5.41, 5.74) is -0.788. The predicted octanol–water partition coefficient (Wildman–Crippen LogP) is 7.69. The topological polar surface area (TPSA) is 116 Å². The molecule has 3 aromatic carbocycles. The van der Waals surface area contributed by atoms with Crippen LogP contribution in [-0.4, -0.2) is 32.6 Å². The summed E-state index contributed by atoms with van der Waals surface area (Å²) in [5, 5.41) is 17.3. The number of hydrogen-bond donors (Lipinski definition) is 3. The Morgan fingerprint density at radius 3 is 2.20 bits per heavy atom. The van der Waals surface area contributed by atoms with Crippen molar-refractivity contribution in [1.29, 1.82) is 0 Å². The van der Waals surface area contributed by atoms with Crippen molar-refractivity contribution in [3.63, 3.8) is 0 Å². The van der Waals surface area contributed by atoms with Gasteiger partial charge in [0.25, 0.3) is 11.9 Å². The van der Waals surface area contributed by atoms with Crippen molar-refractivity contribution in [2.24, 2.45) is 0 Å². The van der Waals surface area contributed by atoms with Crippen LogP contribution in [-0.2, 0) is 18.9 Å². The number of urea groups is 1. The Labute approximate surface area is 252 Å². The number of H-pyrrole nitrogens is 1. The quantitative estimate of drug-likeness (QED) is 0.181. The molecular formula is C30H25F6N7O2. The van der Waals surface area contributed by atoms with E-state index in [1.807, 2.05) is 5.32 Å². The fourth-order valence-corrected chi connectivity index (χ4v) is 4.82. The fraction of sp³-hybridized carbons (Fsp3) is 0.233. The van der Waals surface area contributed by atoms with E-state index in [0.717, 1.165) is 41.7 Å². The molecule has 0 unspecified atom stereocenters. The van der Waals surface area contributed by atoms with E-state index in [4.69, 9.17) is 0 Å². The summed E-state index contributed by atoms with van der Waals surface area (Å²) in [4.78, 5) is 27.1. The number of carbonyl (C=O) groups is 2. The Balaban J connectivity index is 1.45. The van der Waals surface area contributed by atoms with Gasteiger partial charge in [0.05, 0.1) is 23.4 Å². The average molecular weight is 630 g/mol. The molecule has 1 heterocycles. The van der Waals surface area contributed by atoms with Crippen molar-refractivity contribution in [3.8, 4) is 0 Å². The first-order chi connectivity index (χ1) is 21.4. The number of anilines is 3. The summed E-state index contributed by atoms with van der Waals surface area (Å²) in [6.07, 6.45) is -3.91. The first-order valence-electron chi connectivity index (χ1n) is 13.7. The second-order valence-corrected chi connectivity index (χ2v) is 10.2. The number of tetrazole rings is 1. The van der Waals surface area contributed by atoms with Gasteiger partial charge in [-0.2, -0.15) is 31.6 Å². The molecule has 9 nitrogen and oxygen atoms in total. The maximum Gasteiger partial charge on any atom is 0.418 e. The largest absolute Gasteiger partial charge is 0.418 e. The van der Waals surface area contributed by atoms with E-state index in [-0.39, 0.29) is 35.9 Å². The van der Waals surface area contributed by atoms with Gasteiger partial charge in [0.2, 0.25) is 0 Å². The molecule has 234 valence electrons. The standard InChI is InChI=1S/C30H25F6N7O2/c31-29(32,33)22-12-15-24(30(34,35)36)25(16-22)37-28(45)43(23-13-10-20(11-14-23)19-4-2-1-3-5-19)17-18-6-8-21(9-7-18)26(44)38-27-39-41-42-40-27/h4,6-16H,1-3,5,17H2,(H,37,45)(H2,38,39,40,41,42,44).